The van der Waals surface area contributed by atoms with E-state index in [9.17, 15) is 9.59 Å². The molecule has 2 N–H and O–H groups in total. The summed E-state index contributed by atoms with van der Waals surface area (Å²) in [6, 6.07) is 6.03. The van der Waals surface area contributed by atoms with E-state index in [-0.39, 0.29) is 18.0 Å². The number of alkyl carbamates (subject to hydrolysis) is 1. The second kappa shape index (κ2) is 11.1. The maximum absolute atomic E-state index is 12.8. The number of hydrogen-bond acceptors (Lipinski definition) is 7. The summed E-state index contributed by atoms with van der Waals surface area (Å²) in [5.41, 5.74) is 3.02. The van der Waals surface area contributed by atoms with Gasteiger partial charge in [0.2, 0.25) is 0 Å². The molecule has 2 amide bonds. The highest BCUT2D eigenvalue weighted by Crippen LogP contribution is 2.23. The molecule has 1 aliphatic rings. The van der Waals surface area contributed by atoms with Crippen LogP contribution in [0, 0.1) is 6.92 Å². The number of halogens is 1. The highest BCUT2D eigenvalue weighted by atomic mass is 79.9. The van der Waals surface area contributed by atoms with Gasteiger partial charge in [0.15, 0.2) is 5.01 Å². The molecule has 0 unspecified atom stereocenters. The number of carbonyl (C=O) groups is 2. The van der Waals surface area contributed by atoms with Gasteiger partial charge in [-0.25, -0.2) is 14.8 Å². The highest BCUT2D eigenvalue weighted by Gasteiger charge is 2.24. The average molecular weight is 576 g/mol. The lowest BCUT2D eigenvalue weighted by molar-refractivity contribution is 0.0470. The molecule has 1 atom stereocenters. The van der Waals surface area contributed by atoms with Crippen molar-refractivity contribution in [3.05, 3.63) is 57.0 Å². The largest absolute Gasteiger partial charge is 0.444 e. The Labute approximate surface area is 223 Å². The number of rotatable bonds is 6. The number of thiazole rings is 1. The molecule has 3 heterocycles. The van der Waals surface area contributed by atoms with Gasteiger partial charge in [-0.05, 0) is 86.8 Å². The zero-order valence-corrected chi connectivity index (χ0v) is 23.3. The van der Waals surface area contributed by atoms with Crippen LogP contribution in [-0.4, -0.2) is 56.2 Å². The number of piperidine rings is 1. The summed E-state index contributed by atoms with van der Waals surface area (Å²) in [6.45, 7) is 9.85. The van der Waals surface area contributed by atoms with Crippen LogP contribution in [0.1, 0.15) is 54.7 Å². The zero-order valence-electron chi connectivity index (χ0n) is 20.9. The third-order valence-corrected chi connectivity index (χ3v) is 7.10. The van der Waals surface area contributed by atoms with Crippen LogP contribution in [0.3, 0.4) is 0 Å². The lowest BCUT2D eigenvalue weighted by atomic mass is 10.0. The number of nitrogens with zero attached hydrogens (tertiary/aromatic N) is 4. The first-order chi connectivity index (χ1) is 17.0. The molecule has 0 aliphatic carbocycles. The summed E-state index contributed by atoms with van der Waals surface area (Å²) in [7, 11) is 0. The molecule has 3 aromatic rings. The van der Waals surface area contributed by atoms with Crippen LogP contribution >= 0.6 is 27.3 Å². The molecule has 0 radical (unpaired) electrons. The Balaban J connectivity index is 1.50. The Morgan fingerprint density at radius 1 is 1.28 bits per heavy atom. The summed E-state index contributed by atoms with van der Waals surface area (Å²) >= 11 is 4.58. The van der Waals surface area contributed by atoms with E-state index in [1.165, 1.54) is 11.3 Å². The van der Waals surface area contributed by atoms with E-state index in [0.29, 0.717) is 21.8 Å². The third-order valence-electron chi connectivity index (χ3n) is 5.55. The summed E-state index contributed by atoms with van der Waals surface area (Å²) < 4.78 is 8.01. The van der Waals surface area contributed by atoms with Crippen molar-refractivity contribution in [2.45, 2.75) is 58.7 Å². The molecule has 192 valence electrons. The summed E-state index contributed by atoms with van der Waals surface area (Å²) in [4.78, 5) is 35.9. The number of ether oxygens (including phenoxy) is 1. The minimum absolute atomic E-state index is 0.0237. The number of anilines is 1. The van der Waals surface area contributed by atoms with Gasteiger partial charge in [-0.1, -0.05) is 0 Å². The molecule has 0 bridgehead atoms. The van der Waals surface area contributed by atoms with Crippen LogP contribution in [0.15, 0.2) is 40.7 Å². The minimum atomic E-state index is -0.528. The van der Waals surface area contributed by atoms with Crippen molar-refractivity contribution in [2.75, 3.05) is 18.4 Å². The number of benzene rings is 1. The maximum atomic E-state index is 12.8. The summed E-state index contributed by atoms with van der Waals surface area (Å²) in [5.74, 6) is -0.254. The van der Waals surface area contributed by atoms with Gasteiger partial charge in [-0.3, -0.25) is 9.69 Å². The van der Waals surface area contributed by atoms with Crippen molar-refractivity contribution >= 4 is 45.0 Å². The first-order valence-electron chi connectivity index (χ1n) is 11.8. The first-order valence-corrected chi connectivity index (χ1v) is 13.5. The number of aryl methyl sites for hydroxylation is 1. The predicted octanol–water partition coefficient (Wildman–Crippen LogP) is 5.14. The van der Waals surface area contributed by atoms with Crippen molar-refractivity contribution in [3.63, 3.8) is 0 Å². The molecule has 1 saturated heterocycles. The van der Waals surface area contributed by atoms with Gasteiger partial charge in [-0.2, -0.15) is 0 Å². The van der Waals surface area contributed by atoms with Crippen LogP contribution in [0.5, 0.6) is 0 Å². The first kappa shape index (κ1) is 26.3. The van der Waals surface area contributed by atoms with Crippen LogP contribution in [-0.2, 0) is 11.3 Å². The fourth-order valence-electron chi connectivity index (χ4n) is 4.14. The molecule has 1 aromatic carbocycles. The molecule has 36 heavy (non-hydrogen) atoms. The average Bonchev–Trinajstić information content (AvgIpc) is 3.41. The van der Waals surface area contributed by atoms with Gasteiger partial charge in [0.25, 0.3) is 5.91 Å². The van der Waals surface area contributed by atoms with Crippen molar-refractivity contribution in [1.29, 1.82) is 0 Å². The highest BCUT2D eigenvalue weighted by molar-refractivity contribution is 9.10. The molecule has 1 fully saturated rings. The number of likely N-dealkylation sites (tertiary alicyclic amines) is 1. The monoisotopic (exact) mass is 574 g/mol. The fourth-order valence-corrected chi connectivity index (χ4v) is 5.29. The number of amides is 2. The quantitative estimate of drug-likeness (QED) is 0.422. The zero-order chi connectivity index (χ0) is 25.9. The Hall–Kier alpha value is -2.76. The van der Waals surface area contributed by atoms with E-state index in [1.54, 1.807) is 11.7 Å². The molecular weight excluding hydrogens is 544 g/mol. The van der Waals surface area contributed by atoms with E-state index in [0.717, 1.165) is 42.9 Å². The molecule has 11 heteroatoms. The van der Waals surface area contributed by atoms with Gasteiger partial charge in [0, 0.05) is 42.1 Å². The number of carbonyl (C=O) groups excluding carboxylic acids is 2. The lowest BCUT2D eigenvalue weighted by Crippen LogP contribution is -2.48. The number of aromatic nitrogens is 3. The van der Waals surface area contributed by atoms with E-state index < -0.39 is 5.60 Å². The van der Waals surface area contributed by atoms with Gasteiger partial charge >= 0.3 is 6.09 Å². The van der Waals surface area contributed by atoms with Crippen LogP contribution in [0.2, 0.25) is 0 Å². The van der Waals surface area contributed by atoms with Crippen molar-refractivity contribution in [2.24, 2.45) is 0 Å². The Kier molecular flexibility index (Phi) is 8.11. The molecule has 1 aliphatic heterocycles. The maximum Gasteiger partial charge on any atom is 0.407 e. The second-order valence-electron chi connectivity index (χ2n) is 9.96. The van der Waals surface area contributed by atoms with Crippen LogP contribution < -0.4 is 10.6 Å². The minimum Gasteiger partial charge on any atom is -0.444 e. The Morgan fingerprint density at radius 3 is 2.75 bits per heavy atom. The molecule has 0 saturated carbocycles. The van der Waals surface area contributed by atoms with E-state index in [2.05, 4.69) is 47.5 Å². The van der Waals surface area contributed by atoms with Gasteiger partial charge in [-0.15, -0.1) is 11.3 Å². The number of hydrogen-bond donors (Lipinski definition) is 2. The van der Waals surface area contributed by atoms with Gasteiger partial charge < -0.3 is 19.9 Å². The Morgan fingerprint density at radius 2 is 2.08 bits per heavy atom. The predicted molar refractivity (Wildman–Crippen MR) is 144 cm³/mol. The summed E-state index contributed by atoms with van der Waals surface area (Å²) in [6.07, 6.45) is 5.22. The standard InChI is InChI=1S/C25H31BrN6O3S/c1-16-11-32(15-27-16)20-9-17(8-19(10-20)28-22(33)23-30-21(26)14-36-23)12-31-7-5-6-18(13-31)29-24(34)35-25(2,3)4/h8-11,14-15,18H,5-7,12-13H2,1-4H3,(H,28,33)(H,29,34)/t18-/m0/s1. The topological polar surface area (TPSA) is 101 Å². The van der Waals surface area contributed by atoms with Crippen molar-refractivity contribution in [3.8, 4) is 5.69 Å². The van der Waals surface area contributed by atoms with E-state index >= 15 is 0 Å². The normalized spacial score (nSPS) is 16.5. The van der Waals surface area contributed by atoms with Crippen molar-refractivity contribution < 1.29 is 14.3 Å². The molecule has 4 rings (SSSR count). The number of imidazole rings is 1. The SMILES string of the molecule is Cc1cn(-c2cc(CN3CCC[C@H](NC(=O)OC(C)(C)C)C3)cc(NC(=O)c3nc(Br)cs3)c2)cn1. The smallest absolute Gasteiger partial charge is 0.407 e. The van der Waals surface area contributed by atoms with Crippen LogP contribution in [0.4, 0.5) is 10.5 Å². The molecular formula is C25H31BrN6O3S. The third kappa shape index (κ3) is 7.37. The Bertz CT molecular complexity index is 1230. The van der Waals surface area contributed by atoms with E-state index in [1.807, 2.05) is 50.6 Å². The molecule has 0 spiro atoms. The number of nitrogens with one attached hydrogen (secondary N) is 2. The van der Waals surface area contributed by atoms with E-state index in [4.69, 9.17) is 4.74 Å². The van der Waals surface area contributed by atoms with Gasteiger partial charge in [0.1, 0.15) is 10.2 Å². The molecule has 2 aromatic heterocycles. The summed E-state index contributed by atoms with van der Waals surface area (Å²) in [5, 5.41) is 8.16. The van der Waals surface area contributed by atoms with Gasteiger partial charge in [0.05, 0.1) is 12.0 Å². The fraction of sp³-hybridized carbons (Fsp3) is 0.440. The lowest BCUT2D eigenvalue weighted by Gasteiger charge is -2.33. The van der Waals surface area contributed by atoms with Crippen molar-refractivity contribution in [1.82, 2.24) is 24.8 Å². The second-order valence-corrected chi connectivity index (χ2v) is 11.6. The molecule has 9 nitrogen and oxygen atoms in total. The van der Waals surface area contributed by atoms with Crippen LogP contribution in [0.25, 0.3) is 5.69 Å².